The predicted octanol–water partition coefficient (Wildman–Crippen LogP) is 0.0355. The van der Waals surface area contributed by atoms with Crippen LogP contribution in [0.3, 0.4) is 0 Å². The van der Waals surface area contributed by atoms with E-state index in [1.54, 1.807) is 0 Å². The van der Waals surface area contributed by atoms with Crippen LogP contribution in [-0.4, -0.2) is 41.4 Å². The van der Waals surface area contributed by atoms with Crippen LogP contribution in [0.4, 0.5) is 9.18 Å². The Morgan fingerprint density at radius 1 is 1.82 bits per heavy atom. The van der Waals surface area contributed by atoms with Crippen LogP contribution in [0.2, 0.25) is 0 Å². The highest BCUT2D eigenvalue weighted by molar-refractivity contribution is 5.66. The lowest BCUT2D eigenvalue weighted by Crippen LogP contribution is -2.36. The first-order valence-electron chi connectivity index (χ1n) is 3.46. The third-order valence-corrected chi connectivity index (χ3v) is 1.87. The molecule has 4 nitrogen and oxygen atoms in total. The first-order valence-corrected chi connectivity index (χ1v) is 3.46. The first-order chi connectivity index (χ1) is 5.15. The van der Waals surface area contributed by atoms with Crippen molar-refractivity contribution in [3.05, 3.63) is 0 Å². The Hall–Kier alpha value is -0.840. The van der Waals surface area contributed by atoms with E-state index >= 15 is 0 Å². The Balaban J connectivity index is 2.57. The highest BCUT2D eigenvalue weighted by Gasteiger charge is 2.33. The quantitative estimate of drug-likeness (QED) is 0.571. The zero-order valence-electron chi connectivity index (χ0n) is 6.03. The minimum Gasteiger partial charge on any atom is -0.465 e. The summed E-state index contributed by atoms with van der Waals surface area (Å²) in [5.41, 5.74) is 5.46. The molecule has 0 radical (unpaired) electrons. The van der Waals surface area contributed by atoms with Crippen molar-refractivity contribution in [1.82, 2.24) is 4.90 Å². The van der Waals surface area contributed by atoms with Gasteiger partial charge in [-0.2, -0.15) is 0 Å². The number of alkyl halides is 1. The van der Waals surface area contributed by atoms with Gasteiger partial charge in [0.25, 0.3) is 0 Å². The lowest BCUT2D eigenvalue weighted by molar-refractivity contribution is 0.133. The van der Waals surface area contributed by atoms with Gasteiger partial charge in [0, 0.05) is 12.6 Å². The summed E-state index contributed by atoms with van der Waals surface area (Å²) >= 11 is 0. The number of hydrogen-bond acceptors (Lipinski definition) is 2. The summed E-state index contributed by atoms with van der Waals surface area (Å²) in [6.07, 6.45) is -0.649. The maximum atomic E-state index is 12.1. The van der Waals surface area contributed by atoms with Gasteiger partial charge in [-0.1, -0.05) is 0 Å². The Morgan fingerprint density at radius 2 is 2.45 bits per heavy atom. The molecule has 1 saturated heterocycles. The molecule has 0 spiro atoms. The molecule has 0 bridgehead atoms. The summed E-state index contributed by atoms with van der Waals surface area (Å²) in [5, 5.41) is 8.54. The zero-order chi connectivity index (χ0) is 8.43. The van der Waals surface area contributed by atoms with Crippen molar-refractivity contribution in [2.45, 2.75) is 18.5 Å². The molecule has 0 aromatic rings. The number of halogens is 1. The molecule has 1 heterocycles. The molecule has 64 valence electrons. The molecule has 0 unspecified atom stereocenters. The van der Waals surface area contributed by atoms with Crippen molar-refractivity contribution in [1.29, 1.82) is 0 Å². The average Bonchev–Trinajstić information content (AvgIpc) is 2.30. The van der Waals surface area contributed by atoms with Crippen molar-refractivity contribution in [3.63, 3.8) is 0 Å². The second-order valence-corrected chi connectivity index (χ2v) is 2.74. The fraction of sp³-hybridized carbons (Fsp3) is 0.833. The molecule has 1 fully saturated rings. The van der Waals surface area contributed by atoms with Crippen LogP contribution in [0.1, 0.15) is 6.42 Å². The number of amides is 1. The maximum Gasteiger partial charge on any atom is 0.407 e. The fourth-order valence-electron chi connectivity index (χ4n) is 1.33. The van der Waals surface area contributed by atoms with E-state index in [4.69, 9.17) is 10.8 Å². The van der Waals surface area contributed by atoms with Gasteiger partial charge in [-0.05, 0) is 6.42 Å². The third kappa shape index (κ3) is 1.59. The summed E-state index contributed by atoms with van der Waals surface area (Å²) in [7, 11) is 0. The van der Waals surface area contributed by atoms with Gasteiger partial charge in [-0.15, -0.1) is 0 Å². The molecule has 0 aliphatic carbocycles. The van der Waals surface area contributed by atoms with E-state index in [9.17, 15) is 9.18 Å². The molecule has 0 saturated carbocycles. The molecular weight excluding hydrogens is 151 g/mol. The largest absolute Gasteiger partial charge is 0.465 e. The number of likely N-dealkylation sites (tertiary alicyclic amines) is 1. The molecule has 3 N–H and O–H groups in total. The van der Waals surface area contributed by atoms with Gasteiger partial charge in [-0.25, -0.2) is 9.18 Å². The predicted molar refractivity (Wildman–Crippen MR) is 37.1 cm³/mol. The smallest absolute Gasteiger partial charge is 0.407 e. The number of carboxylic acid groups (broad SMARTS) is 1. The number of nitrogens with zero attached hydrogens (tertiary/aromatic N) is 1. The lowest BCUT2D eigenvalue weighted by Gasteiger charge is -2.17. The second-order valence-electron chi connectivity index (χ2n) is 2.74. The Morgan fingerprint density at radius 3 is 2.82 bits per heavy atom. The summed E-state index contributed by atoms with van der Waals surface area (Å²) in [6, 6.07) is -0.727. The van der Waals surface area contributed by atoms with E-state index < -0.39 is 18.8 Å². The number of carbonyl (C=O) groups is 1. The van der Waals surface area contributed by atoms with Crippen molar-refractivity contribution in [3.8, 4) is 0 Å². The zero-order valence-corrected chi connectivity index (χ0v) is 6.03. The van der Waals surface area contributed by atoms with Gasteiger partial charge in [0.2, 0.25) is 0 Å². The van der Waals surface area contributed by atoms with Crippen molar-refractivity contribution in [2.75, 3.05) is 13.2 Å². The molecule has 1 rings (SSSR count). The normalized spacial score (nSPS) is 30.9. The maximum absolute atomic E-state index is 12.1. The topological polar surface area (TPSA) is 66.6 Å². The molecule has 1 aliphatic heterocycles. The van der Waals surface area contributed by atoms with Gasteiger partial charge in [0.1, 0.15) is 6.67 Å². The van der Waals surface area contributed by atoms with Gasteiger partial charge >= 0.3 is 6.09 Å². The van der Waals surface area contributed by atoms with E-state index in [0.29, 0.717) is 6.42 Å². The molecule has 0 aromatic carbocycles. The van der Waals surface area contributed by atoms with Gasteiger partial charge in [-0.3, -0.25) is 0 Å². The van der Waals surface area contributed by atoms with Crippen LogP contribution in [0.5, 0.6) is 0 Å². The van der Waals surface area contributed by atoms with Crippen LogP contribution in [0, 0.1) is 0 Å². The highest BCUT2D eigenvalue weighted by Crippen LogP contribution is 2.16. The van der Waals surface area contributed by atoms with E-state index in [0.717, 1.165) is 4.90 Å². The lowest BCUT2D eigenvalue weighted by atomic mass is 10.2. The number of rotatable bonds is 1. The monoisotopic (exact) mass is 162 g/mol. The molecule has 2 atom stereocenters. The molecule has 0 aromatic heterocycles. The minimum atomic E-state index is -1.08. The SMILES string of the molecule is N[C@H]1C[C@@H](CF)N(C(=O)O)C1. The summed E-state index contributed by atoms with van der Waals surface area (Å²) in [4.78, 5) is 11.5. The summed E-state index contributed by atoms with van der Waals surface area (Å²) in [6.45, 7) is -0.385. The minimum absolute atomic E-state index is 0.202. The van der Waals surface area contributed by atoms with Crippen LogP contribution < -0.4 is 5.73 Å². The first kappa shape index (κ1) is 8.26. The molecular formula is C6H11FN2O2. The van der Waals surface area contributed by atoms with E-state index in [1.807, 2.05) is 0 Å². The van der Waals surface area contributed by atoms with Gasteiger partial charge in [0.05, 0.1) is 6.04 Å². The second kappa shape index (κ2) is 3.04. The van der Waals surface area contributed by atoms with Gasteiger partial charge in [0.15, 0.2) is 0 Å². The van der Waals surface area contributed by atoms with E-state index in [-0.39, 0.29) is 12.6 Å². The molecule has 5 heteroatoms. The number of nitrogens with two attached hydrogens (primary N) is 1. The van der Waals surface area contributed by atoms with E-state index in [1.165, 1.54) is 0 Å². The standard InChI is InChI=1S/C6H11FN2O2/c7-2-5-1-4(8)3-9(5)6(10)11/h4-5H,1-3,8H2,(H,10,11)/t4-,5-/m0/s1. The van der Waals surface area contributed by atoms with Gasteiger partial charge < -0.3 is 15.7 Å². The van der Waals surface area contributed by atoms with Crippen LogP contribution >= 0.6 is 0 Å². The van der Waals surface area contributed by atoms with Crippen molar-refractivity contribution < 1.29 is 14.3 Å². The van der Waals surface area contributed by atoms with Crippen molar-refractivity contribution in [2.24, 2.45) is 5.73 Å². The summed E-state index contributed by atoms with van der Waals surface area (Å²) in [5.74, 6) is 0. The highest BCUT2D eigenvalue weighted by atomic mass is 19.1. The van der Waals surface area contributed by atoms with Crippen molar-refractivity contribution >= 4 is 6.09 Å². The van der Waals surface area contributed by atoms with Crippen LogP contribution in [-0.2, 0) is 0 Å². The molecule has 11 heavy (non-hydrogen) atoms. The molecule has 1 amide bonds. The fourth-order valence-corrected chi connectivity index (χ4v) is 1.33. The van der Waals surface area contributed by atoms with E-state index in [2.05, 4.69) is 0 Å². The average molecular weight is 162 g/mol. The summed E-state index contributed by atoms with van der Waals surface area (Å²) < 4.78 is 12.1. The van der Waals surface area contributed by atoms with Crippen LogP contribution in [0.25, 0.3) is 0 Å². The Bertz CT molecular complexity index is 165. The Labute approximate surface area is 63.8 Å². The third-order valence-electron chi connectivity index (χ3n) is 1.87. The van der Waals surface area contributed by atoms with Crippen LogP contribution in [0.15, 0.2) is 0 Å². The molecule has 1 aliphatic rings. The number of hydrogen-bond donors (Lipinski definition) is 2. The Kier molecular flexibility index (Phi) is 2.28.